The van der Waals surface area contributed by atoms with Gasteiger partial charge in [-0.05, 0) is 51.4 Å². The molecule has 2 nitrogen and oxygen atoms in total. The summed E-state index contributed by atoms with van der Waals surface area (Å²) in [5.41, 5.74) is 0. The van der Waals surface area contributed by atoms with Crippen molar-refractivity contribution in [2.45, 2.75) is 77.6 Å². The molecule has 0 saturated carbocycles. The number of hydrogen-bond donors (Lipinski definition) is 1. The molecule has 0 aliphatic carbocycles. The third kappa shape index (κ3) is 20.4. The van der Waals surface area contributed by atoms with Crippen LogP contribution in [0.2, 0.25) is 0 Å². The molecule has 0 heterocycles. The number of carboxylic acid groups (broad SMARTS) is 1. The molecule has 0 amide bonds. The van der Waals surface area contributed by atoms with Crippen molar-refractivity contribution >= 4 is 5.97 Å². The highest BCUT2D eigenvalue weighted by atomic mass is 16.4. The third-order valence-electron chi connectivity index (χ3n) is 3.47. The van der Waals surface area contributed by atoms with Crippen LogP contribution in [0, 0.1) is 0 Å². The Morgan fingerprint density at radius 2 is 1.13 bits per heavy atom. The number of hydrogen-bond acceptors (Lipinski definition) is 1. The van der Waals surface area contributed by atoms with Crippen molar-refractivity contribution in [2.75, 3.05) is 0 Å². The molecule has 0 bridgehead atoms. The van der Waals surface area contributed by atoms with Gasteiger partial charge in [0.25, 0.3) is 0 Å². The number of allylic oxidation sites excluding steroid dienone is 8. The van der Waals surface area contributed by atoms with Gasteiger partial charge in [-0.25, -0.2) is 0 Å². The van der Waals surface area contributed by atoms with E-state index in [2.05, 4.69) is 55.5 Å². The van der Waals surface area contributed by atoms with Crippen molar-refractivity contribution in [3.05, 3.63) is 48.6 Å². The molecule has 0 rings (SSSR count). The Kier molecular flexibility index (Phi) is 17.2. The summed E-state index contributed by atoms with van der Waals surface area (Å²) in [5, 5.41) is 8.51. The van der Waals surface area contributed by atoms with Crippen LogP contribution in [0.1, 0.15) is 77.6 Å². The zero-order chi connectivity index (χ0) is 17.0. The molecule has 0 atom stereocenters. The zero-order valence-corrected chi connectivity index (χ0v) is 14.8. The predicted octanol–water partition coefficient (Wildman–Crippen LogP) is 6.61. The molecule has 0 aromatic carbocycles. The van der Waals surface area contributed by atoms with Crippen molar-refractivity contribution in [3.63, 3.8) is 0 Å². The molecule has 130 valence electrons. The van der Waals surface area contributed by atoms with Gasteiger partial charge in [0.2, 0.25) is 0 Å². The van der Waals surface area contributed by atoms with Crippen LogP contribution in [-0.2, 0) is 4.79 Å². The monoisotopic (exact) mass is 318 g/mol. The quantitative estimate of drug-likeness (QED) is 0.272. The van der Waals surface area contributed by atoms with Crippen LogP contribution in [0.4, 0.5) is 0 Å². The van der Waals surface area contributed by atoms with Crippen molar-refractivity contribution < 1.29 is 9.90 Å². The van der Waals surface area contributed by atoms with Gasteiger partial charge in [-0.1, -0.05) is 68.4 Å². The lowest BCUT2D eigenvalue weighted by molar-refractivity contribution is -0.137. The SMILES string of the molecule is CCCCC/C=C/C/C=C/C/C=C/C/C=C/CCCCC(=O)O. The van der Waals surface area contributed by atoms with E-state index in [1.54, 1.807) is 0 Å². The third-order valence-corrected chi connectivity index (χ3v) is 3.47. The molecule has 1 N–H and O–H groups in total. The first-order valence-electron chi connectivity index (χ1n) is 9.09. The number of rotatable bonds is 15. The highest BCUT2D eigenvalue weighted by Crippen LogP contribution is 2.02. The molecular weight excluding hydrogens is 284 g/mol. The Labute approximate surface area is 142 Å². The fourth-order valence-corrected chi connectivity index (χ4v) is 2.10. The number of carbonyl (C=O) groups is 1. The molecule has 0 fully saturated rings. The normalized spacial score (nSPS) is 12.4. The largest absolute Gasteiger partial charge is 0.481 e. The Hall–Kier alpha value is -1.57. The average molecular weight is 319 g/mol. The average Bonchev–Trinajstić information content (AvgIpc) is 2.53. The van der Waals surface area contributed by atoms with E-state index >= 15 is 0 Å². The fraction of sp³-hybridized carbons (Fsp3) is 0.571. The van der Waals surface area contributed by atoms with E-state index in [1.807, 2.05) is 0 Å². The molecule has 2 heteroatoms. The first-order valence-corrected chi connectivity index (χ1v) is 9.09. The smallest absolute Gasteiger partial charge is 0.303 e. The van der Waals surface area contributed by atoms with Gasteiger partial charge in [0, 0.05) is 6.42 Å². The standard InChI is InChI=1S/C21H34O2/c1-2-3-4-5-6-7-8-9-10-11-12-13-14-15-16-17-18-19-20-21(22)23/h6-7,9-10,12-13,15-16H,2-5,8,11,14,17-20H2,1H3,(H,22,23)/b7-6+,10-9+,13-12+,16-15+. The van der Waals surface area contributed by atoms with Crippen LogP contribution in [0.5, 0.6) is 0 Å². The van der Waals surface area contributed by atoms with E-state index < -0.39 is 5.97 Å². The molecule has 0 aliphatic heterocycles. The maximum absolute atomic E-state index is 10.3. The summed E-state index contributed by atoms with van der Waals surface area (Å²) < 4.78 is 0. The van der Waals surface area contributed by atoms with Crippen LogP contribution >= 0.6 is 0 Å². The van der Waals surface area contributed by atoms with E-state index in [0.717, 1.165) is 38.5 Å². The molecular formula is C21H34O2. The number of carboxylic acids is 1. The van der Waals surface area contributed by atoms with Gasteiger partial charge in [0.05, 0.1) is 0 Å². The second-order valence-corrected chi connectivity index (χ2v) is 5.73. The van der Waals surface area contributed by atoms with Crippen LogP contribution in [0.25, 0.3) is 0 Å². The minimum Gasteiger partial charge on any atom is -0.481 e. The van der Waals surface area contributed by atoms with Gasteiger partial charge >= 0.3 is 5.97 Å². The van der Waals surface area contributed by atoms with Crippen LogP contribution in [0.3, 0.4) is 0 Å². The topological polar surface area (TPSA) is 37.3 Å². The molecule has 0 aromatic rings. The first-order chi connectivity index (χ1) is 11.3. The minimum atomic E-state index is -0.697. The van der Waals surface area contributed by atoms with Crippen LogP contribution in [-0.4, -0.2) is 11.1 Å². The van der Waals surface area contributed by atoms with Crippen molar-refractivity contribution in [2.24, 2.45) is 0 Å². The van der Waals surface area contributed by atoms with Gasteiger partial charge in [-0.15, -0.1) is 0 Å². The molecule has 0 spiro atoms. The fourth-order valence-electron chi connectivity index (χ4n) is 2.10. The Morgan fingerprint density at radius 3 is 1.57 bits per heavy atom. The summed E-state index contributed by atoms with van der Waals surface area (Å²) in [6, 6.07) is 0. The van der Waals surface area contributed by atoms with E-state index in [1.165, 1.54) is 25.7 Å². The van der Waals surface area contributed by atoms with Crippen molar-refractivity contribution in [1.29, 1.82) is 0 Å². The Morgan fingerprint density at radius 1 is 0.696 bits per heavy atom. The van der Waals surface area contributed by atoms with E-state index in [4.69, 9.17) is 5.11 Å². The zero-order valence-electron chi connectivity index (χ0n) is 14.8. The Balaban J connectivity index is 3.39. The highest BCUT2D eigenvalue weighted by molar-refractivity contribution is 5.66. The summed E-state index contributed by atoms with van der Waals surface area (Å²) in [7, 11) is 0. The maximum Gasteiger partial charge on any atom is 0.303 e. The second-order valence-electron chi connectivity index (χ2n) is 5.73. The van der Waals surface area contributed by atoms with Crippen LogP contribution in [0.15, 0.2) is 48.6 Å². The Bertz CT molecular complexity index is 375. The van der Waals surface area contributed by atoms with Crippen LogP contribution < -0.4 is 0 Å². The van der Waals surface area contributed by atoms with E-state index in [-0.39, 0.29) is 6.42 Å². The van der Waals surface area contributed by atoms with Gasteiger partial charge in [0.15, 0.2) is 0 Å². The van der Waals surface area contributed by atoms with Gasteiger partial charge in [-0.3, -0.25) is 4.79 Å². The second kappa shape index (κ2) is 18.5. The summed E-state index contributed by atoms with van der Waals surface area (Å²) >= 11 is 0. The summed E-state index contributed by atoms with van der Waals surface area (Å²) in [4.78, 5) is 10.3. The van der Waals surface area contributed by atoms with Gasteiger partial charge < -0.3 is 5.11 Å². The highest BCUT2D eigenvalue weighted by Gasteiger charge is 1.93. The predicted molar refractivity (Wildman–Crippen MR) is 101 cm³/mol. The summed E-state index contributed by atoms with van der Waals surface area (Å²) in [6.45, 7) is 2.23. The van der Waals surface area contributed by atoms with Crippen molar-refractivity contribution in [3.8, 4) is 0 Å². The molecule has 23 heavy (non-hydrogen) atoms. The molecule has 0 radical (unpaired) electrons. The first kappa shape index (κ1) is 21.4. The number of unbranched alkanes of at least 4 members (excludes halogenated alkanes) is 5. The van der Waals surface area contributed by atoms with E-state index in [9.17, 15) is 4.79 Å². The minimum absolute atomic E-state index is 0.286. The lowest BCUT2D eigenvalue weighted by Crippen LogP contribution is -1.92. The van der Waals surface area contributed by atoms with Crippen molar-refractivity contribution in [1.82, 2.24) is 0 Å². The number of aliphatic carboxylic acids is 1. The lowest BCUT2D eigenvalue weighted by Gasteiger charge is -1.92. The molecule has 0 aliphatic rings. The van der Waals surface area contributed by atoms with Gasteiger partial charge in [-0.2, -0.15) is 0 Å². The molecule has 0 unspecified atom stereocenters. The van der Waals surface area contributed by atoms with Gasteiger partial charge in [0.1, 0.15) is 0 Å². The molecule has 0 saturated heterocycles. The lowest BCUT2D eigenvalue weighted by atomic mass is 10.2. The maximum atomic E-state index is 10.3. The molecule has 0 aromatic heterocycles. The summed E-state index contributed by atoms with van der Waals surface area (Å²) in [5.74, 6) is -0.697. The summed E-state index contributed by atoms with van der Waals surface area (Å²) in [6.07, 6.45) is 28.8. The van der Waals surface area contributed by atoms with E-state index in [0.29, 0.717) is 0 Å².